The number of halogens is 2. The second-order valence-electron chi connectivity index (χ2n) is 7.30. The Bertz CT molecular complexity index is 984. The Labute approximate surface area is 201 Å². The van der Waals surface area contributed by atoms with Crippen molar-refractivity contribution in [3.05, 3.63) is 65.0 Å². The Morgan fingerprint density at radius 3 is 2.55 bits per heavy atom. The van der Waals surface area contributed by atoms with Crippen molar-refractivity contribution in [1.29, 1.82) is 0 Å². The second-order valence-corrected chi connectivity index (χ2v) is 9.44. The largest absolute Gasteiger partial charge is 0.489 e. The third-order valence-electron chi connectivity index (χ3n) is 4.22. The van der Waals surface area contributed by atoms with Crippen LogP contribution in [-0.4, -0.2) is 39.8 Å². The molecule has 0 fully saturated rings. The fourth-order valence-corrected chi connectivity index (χ4v) is 3.72. The number of benzene rings is 2. The van der Waals surface area contributed by atoms with Crippen LogP contribution in [0.25, 0.3) is 0 Å². The first-order valence-electron chi connectivity index (χ1n) is 9.87. The number of hydrogen-bond acceptors (Lipinski definition) is 4. The lowest BCUT2D eigenvalue weighted by Gasteiger charge is -2.18. The van der Waals surface area contributed by atoms with Gasteiger partial charge >= 0.3 is 0 Å². The van der Waals surface area contributed by atoms with Crippen LogP contribution in [-0.2, 0) is 22.1 Å². The van der Waals surface area contributed by atoms with E-state index in [0.29, 0.717) is 30.2 Å². The minimum absolute atomic E-state index is 0. The lowest BCUT2D eigenvalue weighted by molar-refractivity contribution is 0.223. The highest BCUT2D eigenvalue weighted by molar-refractivity contribution is 14.0. The lowest BCUT2D eigenvalue weighted by Crippen LogP contribution is -2.41. The van der Waals surface area contributed by atoms with Crippen LogP contribution in [0, 0.1) is 12.7 Å². The number of rotatable bonds is 9. The number of aryl methyl sites for hydroxylation is 1. The number of guanidine groups is 1. The van der Waals surface area contributed by atoms with Crippen molar-refractivity contribution in [2.45, 2.75) is 39.2 Å². The molecule has 0 aromatic heterocycles. The molecule has 0 bridgehead atoms. The molecule has 172 valence electrons. The second kappa shape index (κ2) is 12.8. The molecule has 2 aromatic rings. The summed E-state index contributed by atoms with van der Waals surface area (Å²) in [7, 11) is -3.23. The third-order valence-corrected chi connectivity index (χ3v) is 5.06. The number of ether oxygens (including phenoxy) is 1. The van der Waals surface area contributed by atoms with Gasteiger partial charge in [-0.05, 0) is 61.7 Å². The van der Waals surface area contributed by atoms with Crippen LogP contribution in [0.2, 0.25) is 0 Å². The van der Waals surface area contributed by atoms with E-state index in [1.165, 1.54) is 18.2 Å². The molecule has 0 aliphatic carbocycles. The summed E-state index contributed by atoms with van der Waals surface area (Å²) in [6, 6.07) is 11.9. The zero-order valence-electron chi connectivity index (χ0n) is 18.3. The molecular weight excluding hydrogens is 532 g/mol. The molecule has 0 spiro atoms. The van der Waals surface area contributed by atoms with Gasteiger partial charge in [-0.3, -0.25) is 0 Å². The Kier molecular flexibility index (Phi) is 11.3. The summed E-state index contributed by atoms with van der Waals surface area (Å²) >= 11 is 0. The van der Waals surface area contributed by atoms with Crippen LogP contribution in [0.4, 0.5) is 4.39 Å². The Morgan fingerprint density at radius 1 is 1.16 bits per heavy atom. The maximum Gasteiger partial charge on any atom is 0.191 e. The minimum atomic E-state index is -3.23. The fraction of sp³-hybridized carbons (Fsp3) is 0.409. The maximum absolute atomic E-state index is 13.7. The zero-order chi connectivity index (χ0) is 22.1. The summed E-state index contributed by atoms with van der Waals surface area (Å²) in [6.45, 7) is 7.23. The highest BCUT2D eigenvalue weighted by Crippen LogP contribution is 2.16. The summed E-state index contributed by atoms with van der Waals surface area (Å²) < 4.78 is 42.9. The molecule has 31 heavy (non-hydrogen) atoms. The average molecular weight is 563 g/mol. The van der Waals surface area contributed by atoms with Crippen LogP contribution in [0.1, 0.15) is 30.5 Å². The van der Waals surface area contributed by atoms with Crippen LogP contribution in [0.15, 0.2) is 47.5 Å². The normalized spacial score (nSPS) is 12.6. The highest BCUT2D eigenvalue weighted by Gasteiger charge is 2.11. The summed E-state index contributed by atoms with van der Waals surface area (Å²) in [5.41, 5.74) is 2.22. The molecule has 9 heteroatoms. The van der Waals surface area contributed by atoms with E-state index in [1.807, 2.05) is 45.0 Å². The molecule has 6 nitrogen and oxygen atoms in total. The Balaban J connectivity index is 0.00000480. The van der Waals surface area contributed by atoms with Gasteiger partial charge in [-0.1, -0.05) is 18.2 Å². The van der Waals surface area contributed by atoms with E-state index in [-0.39, 0.29) is 42.4 Å². The predicted octanol–water partition coefficient (Wildman–Crippen LogP) is 3.82. The van der Waals surface area contributed by atoms with E-state index in [0.717, 1.165) is 17.6 Å². The van der Waals surface area contributed by atoms with Crippen LogP contribution < -0.4 is 15.4 Å². The molecule has 0 saturated carbocycles. The van der Waals surface area contributed by atoms with Gasteiger partial charge in [0, 0.05) is 12.8 Å². The predicted molar refractivity (Wildman–Crippen MR) is 134 cm³/mol. The molecule has 0 aliphatic rings. The molecule has 0 radical (unpaired) electrons. The molecule has 1 unspecified atom stereocenters. The third kappa shape index (κ3) is 10.3. The summed E-state index contributed by atoms with van der Waals surface area (Å²) in [4.78, 5) is 4.49. The van der Waals surface area contributed by atoms with Crippen molar-refractivity contribution in [1.82, 2.24) is 10.6 Å². The first kappa shape index (κ1) is 27.2. The van der Waals surface area contributed by atoms with Gasteiger partial charge in [0.1, 0.15) is 17.7 Å². The molecule has 0 saturated heterocycles. The van der Waals surface area contributed by atoms with Crippen LogP contribution in [0.3, 0.4) is 0 Å². The van der Waals surface area contributed by atoms with E-state index in [4.69, 9.17) is 4.74 Å². The van der Waals surface area contributed by atoms with Gasteiger partial charge in [0.05, 0.1) is 18.8 Å². The molecule has 1 atom stereocenters. The standard InChI is InChI=1S/C22H30FN3O3S.HI/c1-5-24-22(25-13-17(3)29-21-8-6-7-16(2)11-21)26-14-19-12-20(23)10-9-18(19)15-30(4,27)28;/h6-12,17H,5,13-15H2,1-4H3,(H2,24,25,26);1H. The van der Waals surface area contributed by atoms with Crippen molar-refractivity contribution in [3.8, 4) is 5.75 Å². The monoisotopic (exact) mass is 563 g/mol. The van der Waals surface area contributed by atoms with E-state index in [1.54, 1.807) is 0 Å². The van der Waals surface area contributed by atoms with Gasteiger partial charge in [-0.25, -0.2) is 17.8 Å². The molecule has 0 amide bonds. The topological polar surface area (TPSA) is 79.8 Å². The van der Waals surface area contributed by atoms with Crippen molar-refractivity contribution < 1.29 is 17.5 Å². The highest BCUT2D eigenvalue weighted by atomic mass is 127. The van der Waals surface area contributed by atoms with Gasteiger partial charge in [0.15, 0.2) is 15.8 Å². The SMILES string of the molecule is CCNC(=NCc1cc(F)ccc1CS(C)(=O)=O)NCC(C)Oc1cccc(C)c1.I. The Hall–Kier alpha value is -1.88. The summed E-state index contributed by atoms with van der Waals surface area (Å²) in [5, 5.41) is 6.34. The van der Waals surface area contributed by atoms with E-state index < -0.39 is 15.7 Å². The van der Waals surface area contributed by atoms with E-state index >= 15 is 0 Å². The lowest BCUT2D eigenvalue weighted by atomic mass is 10.1. The van der Waals surface area contributed by atoms with Gasteiger partial charge < -0.3 is 15.4 Å². The summed E-state index contributed by atoms with van der Waals surface area (Å²) in [6.07, 6.45) is 1.05. The molecule has 2 aromatic carbocycles. The van der Waals surface area contributed by atoms with Crippen molar-refractivity contribution in [2.24, 2.45) is 4.99 Å². The van der Waals surface area contributed by atoms with Gasteiger partial charge in [0.25, 0.3) is 0 Å². The number of aliphatic imine (C=N–C) groups is 1. The number of nitrogens with one attached hydrogen (secondary N) is 2. The van der Waals surface area contributed by atoms with Crippen molar-refractivity contribution in [3.63, 3.8) is 0 Å². The smallest absolute Gasteiger partial charge is 0.191 e. The maximum atomic E-state index is 13.7. The molecular formula is C22H31FIN3O3S. The number of hydrogen-bond donors (Lipinski definition) is 2. The molecule has 0 aliphatic heterocycles. The quantitative estimate of drug-likeness (QED) is 0.276. The number of nitrogens with zero attached hydrogens (tertiary/aromatic N) is 1. The molecule has 2 rings (SSSR count). The van der Waals surface area contributed by atoms with Gasteiger partial charge in [-0.15, -0.1) is 24.0 Å². The average Bonchev–Trinajstić information content (AvgIpc) is 2.65. The minimum Gasteiger partial charge on any atom is -0.489 e. The first-order valence-corrected chi connectivity index (χ1v) is 11.9. The van der Waals surface area contributed by atoms with Crippen molar-refractivity contribution in [2.75, 3.05) is 19.3 Å². The molecule has 2 N–H and O–H groups in total. The van der Waals surface area contributed by atoms with E-state index in [2.05, 4.69) is 15.6 Å². The first-order chi connectivity index (χ1) is 14.2. The Morgan fingerprint density at radius 2 is 1.90 bits per heavy atom. The van der Waals surface area contributed by atoms with Crippen LogP contribution in [0.5, 0.6) is 5.75 Å². The summed E-state index contributed by atoms with van der Waals surface area (Å²) in [5.74, 6) is 0.780. The van der Waals surface area contributed by atoms with Gasteiger partial charge in [-0.2, -0.15) is 0 Å². The van der Waals surface area contributed by atoms with Crippen molar-refractivity contribution >= 4 is 39.8 Å². The number of sulfone groups is 1. The molecule has 0 heterocycles. The van der Waals surface area contributed by atoms with E-state index in [9.17, 15) is 12.8 Å². The van der Waals surface area contributed by atoms with Crippen LogP contribution >= 0.6 is 24.0 Å². The fourth-order valence-electron chi connectivity index (χ4n) is 2.87. The van der Waals surface area contributed by atoms with Gasteiger partial charge in [0.2, 0.25) is 0 Å². The zero-order valence-corrected chi connectivity index (χ0v) is 21.5.